The third kappa shape index (κ3) is 4.93. The molecule has 3 aromatic rings. The molecule has 11 heteroatoms. The van der Waals surface area contributed by atoms with Gasteiger partial charge in [0.2, 0.25) is 0 Å². The Morgan fingerprint density at radius 3 is 0.750 bits per heavy atom. The summed E-state index contributed by atoms with van der Waals surface area (Å²) < 4.78 is 117. The van der Waals surface area contributed by atoms with Crippen LogP contribution >= 0.6 is 10.0 Å². The number of benzene rings is 3. The van der Waals surface area contributed by atoms with Gasteiger partial charge < -0.3 is 0 Å². The molecule has 0 saturated heterocycles. The predicted molar refractivity (Wildman–Crippen MR) is 105 cm³/mol. The number of rotatable bonds is 3. The Labute approximate surface area is 183 Å². The van der Waals surface area contributed by atoms with E-state index in [0.29, 0.717) is 0 Å². The number of hydrogen-bond acceptors (Lipinski definition) is 0. The van der Waals surface area contributed by atoms with Gasteiger partial charge in [-0.1, -0.05) is 0 Å². The van der Waals surface area contributed by atoms with Crippen molar-refractivity contribution in [2.24, 2.45) is 0 Å². The predicted octanol–water partition coefficient (Wildman–Crippen LogP) is 5.95. The fourth-order valence-corrected chi connectivity index (χ4v) is 11.2. The molecule has 0 atom stereocenters. The molecule has 0 nitrogen and oxygen atoms in total. The summed E-state index contributed by atoms with van der Waals surface area (Å²) in [4.78, 5) is 0. The van der Waals surface area contributed by atoms with Crippen LogP contribution < -0.4 is 13.2 Å². The molecule has 0 spiro atoms. The first kappa shape index (κ1) is 24.5. The van der Waals surface area contributed by atoms with E-state index in [2.05, 4.69) is 0 Å². The van der Waals surface area contributed by atoms with E-state index in [0.717, 1.165) is 72.8 Å². The van der Waals surface area contributed by atoms with Gasteiger partial charge in [0.15, 0.2) is 0 Å². The van der Waals surface area contributed by atoms with Crippen molar-refractivity contribution in [2.45, 2.75) is 18.5 Å². The molecule has 0 heterocycles. The van der Waals surface area contributed by atoms with Crippen molar-refractivity contribution in [3.63, 3.8) is 0 Å². The van der Waals surface area contributed by atoms with E-state index in [1.165, 1.54) is 0 Å². The monoisotopic (exact) mass is 544 g/mol. The molecule has 0 amide bonds. The van der Waals surface area contributed by atoms with E-state index in [9.17, 15) is 39.5 Å². The second-order valence-corrected chi connectivity index (χ2v) is 16.2. The molecule has 3 rings (SSSR count). The molecule has 0 radical (unpaired) electrons. The number of halogens is 10. The zero-order chi connectivity index (χ0) is 23.9. The maximum atomic E-state index is 12.9. The number of hydrogen-bond donors (Lipinski definition) is 0. The molecule has 0 aliphatic carbocycles. The quantitative estimate of drug-likeness (QED) is 0.283. The number of alkyl halides is 9. The van der Waals surface area contributed by atoms with Crippen molar-refractivity contribution < 1.29 is 39.5 Å². The van der Waals surface area contributed by atoms with Crippen LogP contribution in [0.5, 0.6) is 0 Å². The molecule has 0 saturated carbocycles. The zero-order valence-corrected chi connectivity index (χ0v) is 18.6. The van der Waals surface area contributed by atoms with Crippen LogP contribution in [-0.2, 0) is 18.5 Å². The minimum atomic E-state index is -4.62. The van der Waals surface area contributed by atoms with Gasteiger partial charge in [-0.3, -0.25) is 0 Å². The molecule has 0 aliphatic rings. The van der Waals surface area contributed by atoms with Crippen LogP contribution in [0.15, 0.2) is 72.8 Å². The summed E-state index contributed by atoms with van der Waals surface area (Å²) in [6.07, 6.45) is -13.9. The van der Waals surface area contributed by atoms with Crippen molar-refractivity contribution in [1.82, 2.24) is 0 Å². The normalized spacial score (nSPS) is 13.3. The zero-order valence-electron chi connectivity index (χ0n) is 15.7. The van der Waals surface area contributed by atoms with Crippen LogP contribution in [0.3, 0.4) is 0 Å². The van der Waals surface area contributed by atoms with E-state index >= 15 is 0 Å². The third-order valence-electron chi connectivity index (χ3n) is 4.83. The first-order valence-electron chi connectivity index (χ1n) is 8.85. The van der Waals surface area contributed by atoms with Crippen LogP contribution in [0.2, 0.25) is 0 Å². The van der Waals surface area contributed by atoms with Gasteiger partial charge in [-0.25, -0.2) is 0 Å². The fraction of sp³-hybridized carbons (Fsp3) is 0.143. The van der Waals surface area contributed by atoms with Crippen molar-refractivity contribution >= 4 is 35.5 Å². The van der Waals surface area contributed by atoms with Crippen molar-refractivity contribution in [3.8, 4) is 0 Å². The molecular weight excluding hydrogens is 531 g/mol. The summed E-state index contributed by atoms with van der Waals surface area (Å²) in [5.41, 5.74) is -2.87. The second kappa shape index (κ2) is 8.33. The van der Waals surface area contributed by atoms with Gasteiger partial charge >= 0.3 is 183 Å². The first-order valence-corrected chi connectivity index (χ1v) is 14.8. The summed E-state index contributed by atoms with van der Waals surface area (Å²) >= 11 is -4.42. The molecule has 0 bridgehead atoms. The Morgan fingerprint density at radius 1 is 0.406 bits per heavy atom. The standard InChI is InChI=1S/C21H12ClF9Ge/c22-32(16-7-1-13(2-8-16)19(23,24)25,17-9-3-14(4-10-17)20(26,27)28)18-11-5-15(6-12-18)21(29,30)31/h1-12H. The molecule has 0 unspecified atom stereocenters. The van der Waals surface area contributed by atoms with Crippen LogP contribution in [0.1, 0.15) is 16.7 Å². The van der Waals surface area contributed by atoms with E-state index in [4.69, 9.17) is 10.0 Å². The van der Waals surface area contributed by atoms with E-state index in [1.54, 1.807) is 0 Å². The van der Waals surface area contributed by atoms with Crippen molar-refractivity contribution in [2.75, 3.05) is 0 Å². The van der Waals surface area contributed by atoms with E-state index in [-0.39, 0.29) is 13.2 Å². The van der Waals surface area contributed by atoms with Gasteiger partial charge in [0.25, 0.3) is 0 Å². The van der Waals surface area contributed by atoms with Crippen LogP contribution in [0.4, 0.5) is 39.5 Å². The topological polar surface area (TPSA) is 0 Å². The van der Waals surface area contributed by atoms with Crippen LogP contribution in [-0.4, -0.2) is 12.3 Å². The molecule has 0 aliphatic heterocycles. The molecule has 0 fully saturated rings. The summed E-state index contributed by atoms with van der Waals surface area (Å²) in [6, 6.07) is 11.4. The fourth-order valence-electron chi connectivity index (χ4n) is 3.17. The van der Waals surface area contributed by atoms with Gasteiger partial charge in [0, 0.05) is 0 Å². The Hall–Kier alpha value is -2.14. The molecule has 3 aromatic carbocycles. The van der Waals surface area contributed by atoms with Crippen molar-refractivity contribution in [3.05, 3.63) is 89.5 Å². The Kier molecular flexibility index (Phi) is 6.38. The van der Waals surface area contributed by atoms with Crippen LogP contribution in [0.25, 0.3) is 0 Å². The SMILES string of the molecule is FC(F)(F)c1cc[c]([Ge]([Cl])([c]2ccc(C(F)(F)F)cc2)[c]2ccc(C(F)(F)F)cc2)cc1. The van der Waals surface area contributed by atoms with E-state index in [1.807, 2.05) is 0 Å². The molecule has 0 N–H and O–H groups in total. The first-order chi connectivity index (χ1) is 14.6. The molecule has 32 heavy (non-hydrogen) atoms. The molecule has 170 valence electrons. The van der Waals surface area contributed by atoms with Gasteiger partial charge in [-0.05, 0) is 0 Å². The third-order valence-corrected chi connectivity index (χ3v) is 15.3. The van der Waals surface area contributed by atoms with E-state index < -0.39 is 47.6 Å². The Morgan fingerprint density at radius 2 is 0.594 bits per heavy atom. The Bertz CT molecular complexity index is 926. The Balaban J connectivity index is 2.17. The minimum absolute atomic E-state index is 0.221. The van der Waals surface area contributed by atoms with Gasteiger partial charge in [-0.15, -0.1) is 0 Å². The summed E-state index contributed by atoms with van der Waals surface area (Å²) in [7, 11) is 6.96. The molecule has 0 aromatic heterocycles. The van der Waals surface area contributed by atoms with Gasteiger partial charge in [-0.2, -0.15) is 0 Å². The molecular formula is C21H12ClF9Ge. The van der Waals surface area contributed by atoms with Crippen molar-refractivity contribution in [1.29, 1.82) is 0 Å². The van der Waals surface area contributed by atoms with Gasteiger partial charge in [0.05, 0.1) is 0 Å². The second-order valence-electron chi connectivity index (χ2n) is 6.88. The van der Waals surface area contributed by atoms with Gasteiger partial charge in [0.1, 0.15) is 0 Å². The summed E-state index contributed by atoms with van der Waals surface area (Å²) in [5.74, 6) is 0. The van der Waals surface area contributed by atoms with Crippen LogP contribution in [0, 0.1) is 0 Å². The average molecular weight is 543 g/mol. The summed E-state index contributed by atoms with van der Waals surface area (Å²) in [5, 5.41) is 0. The summed E-state index contributed by atoms with van der Waals surface area (Å²) in [6.45, 7) is 0. The maximum absolute atomic E-state index is 12.9. The average Bonchev–Trinajstić information content (AvgIpc) is 2.71.